The molecule has 4 N–H and O–H groups in total. The van der Waals surface area contributed by atoms with Crippen LogP contribution in [0.5, 0.6) is 0 Å². The molecule has 0 spiro atoms. The Morgan fingerprint density at radius 2 is 1.33 bits per heavy atom. The van der Waals surface area contributed by atoms with Crippen molar-refractivity contribution in [1.29, 1.82) is 0 Å². The second-order valence-corrected chi connectivity index (χ2v) is 6.60. The maximum Gasteiger partial charge on any atom is 0.227 e. The van der Waals surface area contributed by atoms with Crippen LogP contribution in [0.1, 0.15) is 25.7 Å². The van der Waals surface area contributed by atoms with Crippen molar-refractivity contribution < 1.29 is 14.0 Å². The van der Waals surface area contributed by atoms with Crippen LogP contribution in [0.25, 0.3) is 0 Å². The molecule has 27 heavy (non-hydrogen) atoms. The van der Waals surface area contributed by atoms with Gasteiger partial charge in [-0.2, -0.15) is 0 Å². The number of hydrogen-bond acceptors (Lipinski definition) is 4. The largest absolute Gasteiger partial charge is 0.399 e. The molecule has 0 saturated carbocycles. The SMILES string of the molecule is Nc1ccc(N2CCCC2=O)c(F)c1.Nc1ccc(N2CCCC2=O)cc1. The topological polar surface area (TPSA) is 92.7 Å². The quantitative estimate of drug-likeness (QED) is 0.795. The third kappa shape index (κ3) is 4.36. The number of halogens is 1. The molecule has 2 saturated heterocycles. The summed E-state index contributed by atoms with van der Waals surface area (Å²) in [5, 5.41) is 0. The first-order valence-electron chi connectivity index (χ1n) is 8.97. The molecular formula is C20H23FN4O2. The Kier molecular flexibility index (Phi) is 5.59. The molecule has 142 valence electrons. The number of hydrogen-bond donors (Lipinski definition) is 2. The number of nitrogens with two attached hydrogens (primary N) is 2. The van der Waals surface area contributed by atoms with Crippen LogP contribution < -0.4 is 21.3 Å². The van der Waals surface area contributed by atoms with Crippen molar-refractivity contribution in [2.24, 2.45) is 0 Å². The minimum absolute atomic E-state index is 0.0197. The molecule has 2 aromatic carbocycles. The maximum absolute atomic E-state index is 13.4. The molecule has 0 radical (unpaired) electrons. The van der Waals surface area contributed by atoms with Crippen molar-refractivity contribution in [3.8, 4) is 0 Å². The van der Waals surface area contributed by atoms with Crippen molar-refractivity contribution in [1.82, 2.24) is 0 Å². The first-order chi connectivity index (χ1) is 13.0. The van der Waals surface area contributed by atoms with E-state index in [-0.39, 0.29) is 11.8 Å². The Morgan fingerprint density at radius 3 is 1.85 bits per heavy atom. The molecule has 7 heteroatoms. The molecule has 2 fully saturated rings. The van der Waals surface area contributed by atoms with Crippen molar-refractivity contribution in [3.05, 3.63) is 48.3 Å². The fraction of sp³-hybridized carbons (Fsp3) is 0.300. The smallest absolute Gasteiger partial charge is 0.227 e. The van der Waals surface area contributed by atoms with Crippen LogP contribution in [0.4, 0.5) is 27.1 Å². The van der Waals surface area contributed by atoms with Gasteiger partial charge in [0, 0.05) is 43.0 Å². The first kappa shape index (κ1) is 18.7. The predicted molar refractivity (Wildman–Crippen MR) is 105 cm³/mol. The monoisotopic (exact) mass is 370 g/mol. The van der Waals surface area contributed by atoms with Gasteiger partial charge < -0.3 is 21.3 Å². The highest BCUT2D eigenvalue weighted by Gasteiger charge is 2.24. The lowest BCUT2D eigenvalue weighted by molar-refractivity contribution is -0.117. The van der Waals surface area contributed by atoms with Crippen LogP contribution in [-0.4, -0.2) is 24.9 Å². The molecule has 0 unspecified atom stereocenters. The Bertz CT molecular complexity index is 838. The average Bonchev–Trinajstić information content (AvgIpc) is 3.25. The zero-order valence-electron chi connectivity index (χ0n) is 15.0. The highest BCUT2D eigenvalue weighted by Crippen LogP contribution is 2.25. The third-order valence-electron chi connectivity index (χ3n) is 4.61. The Balaban J connectivity index is 0.000000156. The van der Waals surface area contributed by atoms with Gasteiger partial charge in [-0.15, -0.1) is 0 Å². The van der Waals surface area contributed by atoms with Gasteiger partial charge in [-0.1, -0.05) is 0 Å². The zero-order chi connectivity index (χ0) is 19.4. The van der Waals surface area contributed by atoms with E-state index in [1.807, 2.05) is 24.3 Å². The summed E-state index contributed by atoms with van der Waals surface area (Å²) in [7, 11) is 0. The lowest BCUT2D eigenvalue weighted by atomic mass is 10.2. The number of rotatable bonds is 2. The van der Waals surface area contributed by atoms with E-state index in [1.165, 1.54) is 11.0 Å². The van der Waals surface area contributed by atoms with Crippen molar-refractivity contribution in [2.45, 2.75) is 25.7 Å². The molecule has 2 heterocycles. The molecule has 4 rings (SSSR count). The van der Waals surface area contributed by atoms with E-state index in [0.29, 0.717) is 30.8 Å². The second kappa shape index (κ2) is 8.07. The Morgan fingerprint density at radius 1 is 0.778 bits per heavy atom. The molecule has 6 nitrogen and oxygen atoms in total. The molecule has 2 aliphatic rings. The van der Waals surface area contributed by atoms with Gasteiger partial charge in [0.25, 0.3) is 0 Å². The lowest BCUT2D eigenvalue weighted by Crippen LogP contribution is -2.24. The number of amides is 2. The van der Waals surface area contributed by atoms with E-state index in [1.54, 1.807) is 17.0 Å². The second-order valence-electron chi connectivity index (χ2n) is 6.60. The Labute approximate surface area is 157 Å². The lowest BCUT2D eigenvalue weighted by Gasteiger charge is -2.16. The van der Waals surface area contributed by atoms with Gasteiger partial charge in [-0.3, -0.25) is 9.59 Å². The minimum Gasteiger partial charge on any atom is -0.399 e. The van der Waals surface area contributed by atoms with Crippen molar-refractivity contribution in [3.63, 3.8) is 0 Å². The number of benzene rings is 2. The van der Waals surface area contributed by atoms with Crippen molar-refractivity contribution in [2.75, 3.05) is 34.4 Å². The van der Waals surface area contributed by atoms with Gasteiger partial charge in [-0.25, -0.2) is 4.39 Å². The number of nitrogen functional groups attached to an aromatic ring is 2. The molecule has 2 amide bonds. The predicted octanol–water partition coefficient (Wildman–Crippen LogP) is 2.93. The number of anilines is 4. The zero-order valence-corrected chi connectivity index (χ0v) is 15.0. The molecule has 0 aliphatic carbocycles. The van der Waals surface area contributed by atoms with Crippen LogP contribution in [0.3, 0.4) is 0 Å². The molecular weight excluding hydrogens is 347 g/mol. The summed E-state index contributed by atoms with van der Waals surface area (Å²) in [5.41, 5.74) is 13.4. The van der Waals surface area contributed by atoms with E-state index in [2.05, 4.69) is 0 Å². The van der Waals surface area contributed by atoms with Gasteiger partial charge in [-0.05, 0) is 55.3 Å². The van der Waals surface area contributed by atoms with Gasteiger partial charge in [0.1, 0.15) is 5.82 Å². The summed E-state index contributed by atoms with van der Waals surface area (Å²) in [4.78, 5) is 26.0. The van der Waals surface area contributed by atoms with E-state index in [9.17, 15) is 14.0 Å². The van der Waals surface area contributed by atoms with Gasteiger partial charge in [0.2, 0.25) is 11.8 Å². The Hall–Kier alpha value is -3.09. The summed E-state index contributed by atoms with van der Waals surface area (Å²) >= 11 is 0. The van der Waals surface area contributed by atoms with E-state index in [4.69, 9.17) is 11.5 Å². The summed E-state index contributed by atoms with van der Waals surface area (Å²) < 4.78 is 13.4. The average molecular weight is 370 g/mol. The molecule has 0 aromatic heterocycles. The van der Waals surface area contributed by atoms with Gasteiger partial charge >= 0.3 is 0 Å². The summed E-state index contributed by atoms with van der Waals surface area (Å²) in [5.74, 6) is -0.237. The van der Waals surface area contributed by atoms with E-state index < -0.39 is 5.82 Å². The van der Waals surface area contributed by atoms with Crippen LogP contribution in [0.2, 0.25) is 0 Å². The van der Waals surface area contributed by atoms with Crippen LogP contribution in [0.15, 0.2) is 42.5 Å². The molecule has 0 bridgehead atoms. The molecule has 2 aliphatic heterocycles. The highest BCUT2D eigenvalue weighted by molar-refractivity contribution is 5.96. The number of nitrogens with zero attached hydrogens (tertiary/aromatic N) is 2. The van der Waals surface area contributed by atoms with Crippen LogP contribution in [-0.2, 0) is 9.59 Å². The van der Waals surface area contributed by atoms with Crippen LogP contribution in [0, 0.1) is 5.82 Å². The number of carbonyl (C=O) groups is 2. The maximum atomic E-state index is 13.4. The van der Waals surface area contributed by atoms with E-state index >= 15 is 0 Å². The summed E-state index contributed by atoms with van der Waals surface area (Å²) in [6.07, 6.45) is 2.93. The van der Waals surface area contributed by atoms with Gasteiger partial charge in [0.15, 0.2) is 0 Å². The normalized spacial score (nSPS) is 16.5. The van der Waals surface area contributed by atoms with E-state index in [0.717, 1.165) is 30.8 Å². The van der Waals surface area contributed by atoms with Crippen LogP contribution >= 0.6 is 0 Å². The summed E-state index contributed by atoms with van der Waals surface area (Å²) in [6, 6.07) is 11.8. The minimum atomic E-state index is -0.430. The molecule has 2 aromatic rings. The van der Waals surface area contributed by atoms with Gasteiger partial charge in [0.05, 0.1) is 5.69 Å². The molecule has 0 atom stereocenters. The summed E-state index contributed by atoms with van der Waals surface area (Å²) in [6.45, 7) is 1.43. The fourth-order valence-corrected chi connectivity index (χ4v) is 3.22. The standard InChI is InChI=1S/C10H11FN2O.C10H12N2O/c11-8-6-7(12)3-4-9(8)13-5-1-2-10(13)14;11-8-3-5-9(6-4-8)12-7-1-2-10(12)13/h3-4,6H,1-2,5,12H2;3-6H,1-2,7,11H2. The fourth-order valence-electron chi connectivity index (χ4n) is 3.22. The first-order valence-corrected chi connectivity index (χ1v) is 8.97. The number of carbonyl (C=O) groups excluding carboxylic acids is 2. The van der Waals surface area contributed by atoms with Crippen molar-refractivity contribution >= 4 is 34.6 Å². The highest BCUT2D eigenvalue weighted by atomic mass is 19.1. The third-order valence-corrected chi connectivity index (χ3v) is 4.61.